The lowest BCUT2D eigenvalue weighted by atomic mass is 10.2. The van der Waals surface area contributed by atoms with Crippen LogP contribution in [0.5, 0.6) is 0 Å². The lowest BCUT2D eigenvalue weighted by Gasteiger charge is -2.22. The summed E-state index contributed by atoms with van der Waals surface area (Å²) in [5, 5.41) is 2.70. The van der Waals surface area contributed by atoms with Crippen molar-refractivity contribution in [3.63, 3.8) is 0 Å². The number of benzene rings is 1. The zero-order valence-corrected chi connectivity index (χ0v) is 15.9. The van der Waals surface area contributed by atoms with Gasteiger partial charge in [-0.1, -0.05) is 12.1 Å². The van der Waals surface area contributed by atoms with Crippen LogP contribution >= 0.6 is 0 Å². The van der Waals surface area contributed by atoms with Gasteiger partial charge in [-0.25, -0.2) is 13.2 Å². The maximum Gasteiger partial charge on any atom is 0.337 e. The van der Waals surface area contributed by atoms with E-state index >= 15 is 0 Å². The van der Waals surface area contributed by atoms with Crippen LogP contribution in [0.4, 0.5) is 5.69 Å². The number of ether oxygens (including phenoxy) is 1. The maximum absolute atomic E-state index is 12.1. The number of carbonyl (C=O) groups is 2. The Morgan fingerprint density at radius 2 is 1.96 bits per heavy atom. The molecule has 144 valence electrons. The standard InChI is InChI=1S/C18H21N3O5S/c1-26-18(23)14-6-5-8-16(12-14)21(27(2,24)25)11-9-17(22)20-13-15-7-3-4-10-19-15/h3-8,10,12H,9,11,13H2,1-2H3,(H,20,22). The number of esters is 1. The summed E-state index contributed by atoms with van der Waals surface area (Å²) in [7, 11) is -2.40. The van der Waals surface area contributed by atoms with Gasteiger partial charge in [0.1, 0.15) is 0 Å². The monoisotopic (exact) mass is 391 g/mol. The second-order valence-corrected chi connectivity index (χ2v) is 7.63. The number of nitrogens with one attached hydrogen (secondary N) is 1. The van der Waals surface area contributed by atoms with Gasteiger partial charge in [0.2, 0.25) is 15.9 Å². The number of hydrogen-bond donors (Lipinski definition) is 1. The van der Waals surface area contributed by atoms with Crippen molar-refractivity contribution in [1.82, 2.24) is 10.3 Å². The van der Waals surface area contributed by atoms with Gasteiger partial charge in [0.25, 0.3) is 0 Å². The summed E-state index contributed by atoms with van der Waals surface area (Å²) in [5.41, 5.74) is 1.22. The predicted octanol–water partition coefficient (Wildman–Crippen LogP) is 1.34. The van der Waals surface area contributed by atoms with Crippen LogP contribution in [0.15, 0.2) is 48.7 Å². The Bertz CT molecular complexity index is 900. The highest BCUT2D eigenvalue weighted by atomic mass is 32.2. The minimum absolute atomic E-state index is 0.0393. The number of rotatable bonds is 8. The van der Waals surface area contributed by atoms with Crippen LogP contribution in [-0.4, -0.2) is 45.2 Å². The van der Waals surface area contributed by atoms with Gasteiger partial charge in [0, 0.05) is 19.2 Å². The molecule has 0 saturated heterocycles. The van der Waals surface area contributed by atoms with Crippen LogP contribution in [0, 0.1) is 0 Å². The Balaban J connectivity index is 2.05. The van der Waals surface area contributed by atoms with E-state index in [1.54, 1.807) is 30.5 Å². The van der Waals surface area contributed by atoms with E-state index in [4.69, 9.17) is 0 Å². The van der Waals surface area contributed by atoms with Gasteiger partial charge in [0.05, 0.1) is 36.9 Å². The smallest absolute Gasteiger partial charge is 0.337 e. The minimum Gasteiger partial charge on any atom is -0.465 e. The van der Waals surface area contributed by atoms with Crippen molar-refractivity contribution in [2.75, 3.05) is 24.2 Å². The summed E-state index contributed by atoms with van der Waals surface area (Å²) < 4.78 is 30.0. The quantitative estimate of drug-likeness (QED) is 0.681. The Morgan fingerprint density at radius 3 is 2.59 bits per heavy atom. The first-order chi connectivity index (χ1) is 12.8. The van der Waals surface area contributed by atoms with Crippen molar-refractivity contribution in [1.29, 1.82) is 0 Å². The van der Waals surface area contributed by atoms with Gasteiger partial charge in [-0.15, -0.1) is 0 Å². The number of aromatic nitrogens is 1. The van der Waals surface area contributed by atoms with Crippen LogP contribution in [0.3, 0.4) is 0 Å². The summed E-state index contributed by atoms with van der Waals surface area (Å²) in [6.07, 6.45) is 2.63. The Labute approximate surface area is 158 Å². The van der Waals surface area contributed by atoms with Crippen LogP contribution in [0.1, 0.15) is 22.5 Å². The van der Waals surface area contributed by atoms with E-state index in [1.165, 1.54) is 19.2 Å². The number of nitrogens with zero attached hydrogens (tertiary/aromatic N) is 2. The molecule has 1 amide bonds. The second kappa shape index (κ2) is 9.13. The number of amides is 1. The van der Waals surface area contributed by atoms with Gasteiger partial charge in [-0.2, -0.15) is 0 Å². The third-order valence-electron chi connectivity index (χ3n) is 3.69. The topological polar surface area (TPSA) is 106 Å². The lowest BCUT2D eigenvalue weighted by molar-refractivity contribution is -0.121. The van der Waals surface area contributed by atoms with Crippen LogP contribution in [0.2, 0.25) is 0 Å². The highest BCUT2D eigenvalue weighted by molar-refractivity contribution is 7.92. The number of hydrogen-bond acceptors (Lipinski definition) is 6. The second-order valence-electron chi connectivity index (χ2n) is 5.72. The summed E-state index contributed by atoms with van der Waals surface area (Å²) in [4.78, 5) is 27.8. The molecule has 2 rings (SSSR count). The first-order valence-electron chi connectivity index (χ1n) is 8.14. The highest BCUT2D eigenvalue weighted by Crippen LogP contribution is 2.20. The molecule has 1 heterocycles. The average molecular weight is 391 g/mol. The third kappa shape index (κ3) is 6.07. The van der Waals surface area contributed by atoms with E-state index in [-0.39, 0.29) is 36.7 Å². The lowest BCUT2D eigenvalue weighted by Crippen LogP contribution is -2.34. The summed E-state index contributed by atoms with van der Waals surface area (Å²) in [5.74, 6) is -0.878. The SMILES string of the molecule is COC(=O)c1cccc(N(CCC(=O)NCc2ccccn2)S(C)(=O)=O)c1. The molecule has 0 aliphatic carbocycles. The van der Waals surface area contributed by atoms with Crippen molar-refractivity contribution >= 4 is 27.6 Å². The fourth-order valence-corrected chi connectivity index (χ4v) is 3.30. The molecule has 0 aliphatic rings. The molecule has 0 fully saturated rings. The van der Waals surface area contributed by atoms with Gasteiger partial charge in [-0.05, 0) is 30.3 Å². The first kappa shape index (κ1) is 20.4. The third-order valence-corrected chi connectivity index (χ3v) is 4.88. The normalized spacial score (nSPS) is 10.9. The van der Waals surface area contributed by atoms with E-state index in [9.17, 15) is 18.0 Å². The largest absolute Gasteiger partial charge is 0.465 e. The molecule has 27 heavy (non-hydrogen) atoms. The van der Waals surface area contributed by atoms with Crippen LogP contribution in [0.25, 0.3) is 0 Å². The molecule has 0 unspecified atom stereocenters. The van der Waals surface area contributed by atoms with E-state index in [2.05, 4.69) is 15.0 Å². The number of anilines is 1. The Morgan fingerprint density at radius 1 is 1.19 bits per heavy atom. The fraction of sp³-hybridized carbons (Fsp3) is 0.278. The van der Waals surface area contributed by atoms with Crippen molar-refractivity contribution in [2.24, 2.45) is 0 Å². The van der Waals surface area contributed by atoms with E-state index in [1.807, 2.05) is 6.07 Å². The molecule has 0 spiro atoms. The molecule has 9 heteroatoms. The Hall–Kier alpha value is -2.94. The van der Waals surface area contributed by atoms with Gasteiger partial charge in [-0.3, -0.25) is 14.1 Å². The zero-order chi connectivity index (χ0) is 19.9. The van der Waals surface area contributed by atoms with E-state index < -0.39 is 16.0 Å². The first-order valence-corrected chi connectivity index (χ1v) is 9.99. The molecule has 1 aromatic carbocycles. The van der Waals surface area contributed by atoms with Gasteiger partial charge in [0.15, 0.2) is 0 Å². The Kier molecular flexibility index (Phi) is 6.89. The molecular weight excluding hydrogens is 370 g/mol. The van der Waals surface area contributed by atoms with Gasteiger partial charge >= 0.3 is 5.97 Å². The maximum atomic E-state index is 12.1. The van der Waals surface area contributed by atoms with Crippen molar-refractivity contribution < 1.29 is 22.7 Å². The summed E-state index contributed by atoms with van der Waals surface area (Å²) in [6.45, 7) is 0.202. The molecule has 8 nitrogen and oxygen atoms in total. The van der Waals surface area contributed by atoms with Crippen LogP contribution < -0.4 is 9.62 Å². The molecule has 0 saturated carbocycles. The van der Waals surface area contributed by atoms with E-state index in [0.717, 1.165) is 10.6 Å². The van der Waals surface area contributed by atoms with Crippen LogP contribution in [-0.2, 0) is 26.1 Å². The van der Waals surface area contributed by atoms with Crippen molar-refractivity contribution in [3.05, 3.63) is 59.9 Å². The molecule has 2 aromatic rings. The highest BCUT2D eigenvalue weighted by Gasteiger charge is 2.20. The minimum atomic E-state index is -3.64. The molecule has 0 bridgehead atoms. The molecule has 0 radical (unpaired) electrons. The number of pyridine rings is 1. The fourth-order valence-electron chi connectivity index (χ4n) is 2.38. The predicted molar refractivity (Wildman–Crippen MR) is 101 cm³/mol. The molecular formula is C18H21N3O5S. The van der Waals surface area contributed by atoms with Gasteiger partial charge < -0.3 is 10.1 Å². The van der Waals surface area contributed by atoms with E-state index in [0.29, 0.717) is 5.69 Å². The molecule has 0 atom stereocenters. The number of sulfonamides is 1. The summed E-state index contributed by atoms with van der Waals surface area (Å²) in [6, 6.07) is 11.4. The van der Waals surface area contributed by atoms with Crippen molar-refractivity contribution in [3.8, 4) is 0 Å². The number of carbonyl (C=O) groups excluding carboxylic acids is 2. The molecule has 1 aromatic heterocycles. The zero-order valence-electron chi connectivity index (χ0n) is 15.1. The average Bonchev–Trinajstić information content (AvgIpc) is 2.66. The molecule has 1 N–H and O–H groups in total. The summed E-state index contributed by atoms with van der Waals surface area (Å²) >= 11 is 0. The molecule has 0 aliphatic heterocycles. The number of methoxy groups -OCH3 is 1. The van der Waals surface area contributed by atoms with Crippen molar-refractivity contribution in [2.45, 2.75) is 13.0 Å².